The van der Waals surface area contributed by atoms with E-state index in [-0.39, 0.29) is 18.4 Å². The standard InChI is InChI=1S/C19H29N3O3/c1-15-8-9-17(25-2)16(12-15)21-18(23)13-20-19(24)14-22-10-6-4-3-5-7-11-22/h8-9,12H,3-7,10-11,13-14H2,1-2H3,(H,20,24)(H,21,23). The fourth-order valence-corrected chi connectivity index (χ4v) is 3.02. The zero-order valence-electron chi connectivity index (χ0n) is 15.3. The topological polar surface area (TPSA) is 70.7 Å². The Labute approximate surface area is 149 Å². The molecule has 1 saturated heterocycles. The van der Waals surface area contributed by atoms with Crippen molar-refractivity contribution in [2.75, 3.05) is 38.6 Å². The van der Waals surface area contributed by atoms with Crippen LogP contribution in [0, 0.1) is 6.92 Å². The second-order valence-corrected chi connectivity index (χ2v) is 6.57. The van der Waals surface area contributed by atoms with Gasteiger partial charge in [0.25, 0.3) is 0 Å². The average Bonchev–Trinajstić information content (AvgIpc) is 2.55. The predicted molar refractivity (Wildman–Crippen MR) is 98.9 cm³/mol. The normalized spacial score (nSPS) is 15.8. The Morgan fingerprint density at radius 1 is 1.08 bits per heavy atom. The van der Waals surface area contributed by atoms with E-state index in [2.05, 4.69) is 15.5 Å². The second-order valence-electron chi connectivity index (χ2n) is 6.57. The summed E-state index contributed by atoms with van der Waals surface area (Å²) in [6.45, 7) is 4.19. The van der Waals surface area contributed by atoms with Crippen molar-refractivity contribution in [2.24, 2.45) is 0 Å². The number of hydrogen-bond donors (Lipinski definition) is 2. The summed E-state index contributed by atoms with van der Waals surface area (Å²) in [5, 5.41) is 5.49. The number of nitrogens with one attached hydrogen (secondary N) is 2. The van der Waals surface area contributed by atoms with Gasteiger partial charge in [-0.25, -0.2) is 0 Å². The summed E-state index contributed by atoms with van der Waals surface area (Å²) in [5.41, 5.74) is 1.64. The molecule has 1 fully saturated rings. The molecule has 6 nitrogen and oxygen atoms in total. The lowest BCUT2D eigenvalue weighted by Crippen LogP contribution is -2.41. The maximum atomic E-state index is 12.1. The molecule has 0 unspecified atom stereocenters. The third kappa shape index (κ3) is 6.74. The van der Waals surface area contributed by atoms with E-state index < -0.39 is 0 Å². The van der Waals surface area contributed by atoms with E-state index >= 15 is 0 Å². The van der Waals surface area contributed by atoms with Crippen LogP contribution in [-0.4, -0.2) is 50.0 Å². The quantitative estimate of drug-likeness (QED) is 0.828. The molecule has 0 radical (unpaired) electrons. The smallest absolute Gasteiger partial charge is 0.243 e. The van der Waals surface area contributed by atoms with E-state index in [0.717, 1.165) is 31.5 Å². The van der Waals surface area contributed by atoms with Gasteiger partial charge in [0.1, 0.15) is 5.75 Å². The maximum absolute atomic E-state index is 12.1. The monoisotopic (exact) mass is 347 g/mol. The number of carbonyl (C=O) groups is 2. The second kappa shape index (κ2) is 10.0. The Bertz CT molecular complexity index is 581. The fourth-order valence-electron chi connectivity index (χ4n) is 3.02. The van der Waals surface area contributed by atoms with Gasteiger partial charge in [0.2, 0.25) is 11.8 Å². The highest BCUT2D eigenvalue weighted by atomic mass is 16.5. The summed E-state index contributed by atoms with van der Waals surface area (Å²) in [6, 6.07) is 5.57. The minimum Gasteiger partial charge on any atom is -0.495 e. The molecule has 0 saturated carbocycles. The van der Waals surface area contributed by atoms with Crippen molar-refractivity contribution in [1.82, 2.24) is 10.2 Å². The van der Waals surface area contributed by atoms with Crippen LogP contribution in [0.3, 0.4) is 0 Å². The first-order valence-corrected chi connectivity index (χ1v) is 9.02. The number of benzene rings is 1. The number of methoxy groups -OCH3 is 1. The Hall–Kier alpha value is -2.08. The Morgan fingerprint density at radius 3 is 2.44 bits per heavy atom. The highest BCUT2D eigenvalue weighted by molar-refractivity contribution is 5.96. The number of amides is 2. The Morgan fingerprint density at radius 2 is 1.76 bits per heavy atom. The van der Waals surface area contributed by atoms with E-state index in [1.54, 1.807) is 7.11 Å². The number of rotatable bonds is 6. The highest BCUT2D eigenvalue weighted by Crippen LogP contribution is 2.24. The molecule has 0 bridgehead atoms. The summed E-state index contributed by atoms with van der Waals surface area (Å²) >= 11 is 0. The number of ether oxygens (including phenoxy) is 1. The van der Waals surface area contributed by atoms with Crippen LogP contribution in [0.2, 0.25) is 0 Å². The van der Waals surface area contributed by atoms with Gasteiger partial charge in [-0.15, -0.1) is 0 Å². The van der Waals surface area contributed by atoms with E-state index in [1.165, 1.54) is 19.3 Å². The van der Waals surface area contributed by atoms with Crippen LogP contribution < -0.4 is 15.4 Å². The molecular weight excluding hydrogens is 318 g/mol. The molecule has 0 atom stereocenters. The lowest BCUT2D eigenvalue weighted by Gasteiger charge is -2.23. The lowest BCUT2D eigenvalue weighted by molar-refractivity contribution is -0.125. The molecule has 1 aromatic carbocycles. The van der Waals surface area contributed by atoms with Crippen LogP contribution >= 0.6 is 0 Å². The fraction of sp³-hybridized carbons (Fsp3) is 0.579. The van der Waals surface area contributed by atoms with E-state index in [0.29, 0.717) is 18.0 Å². The number of likely N-dealkylation sites (tertiary alicyclic amines) is 1. The third-order valence-electron chi connectivity index (χ3n) is 4.39. The minimum atomic E-state index is -0.259. The van der Waals surface area contributed by atoms with Crippen LogP contribution in [0.15, 0.2) is 18.2 Å². The largest absolute Gasteiger partial charge is 0.495 e. The van der Waals surface area contributed by atoms with E-state index in [4.69, 9.17) is 4.74 Å². The van der Waals surface area contributed by atoms with Crippen molar-refractivity contribution in [2.45, 2.75) is 39.0 Å². The number of aryl methyl sites for hydroxylation is 1. The van der Waals surface area contributed by atoms with Crippen LogP contribution in [-0.2, 0) is 9.59 Å². The van der Waals surface area contributed by atoms with Crippen molar-refractivity contribution in [3.8, 4) is 5.75 Å². The van der Waals surface area contributed by atoms with Crippen molar-refractivity contribution >= 4 is 17.5 Å². The molecule has 1 aliphatic rings. The van der Waals surface area contributed by atoms with Gasteiger partial charge in [-0.05, 0) is 50.6 Å². The molecule has 1 heterocycles. The summed E-state index contributed by atoms with van der Waals surface area (Å²) in [6.07, 6.45) is 6.04. The maximum Gasteiger partial charge on any atom is 0.243 e. The van der Waals surface area contributed by atoms with Gasteiger partial charge in [-0.3, -0.25) is 14.5 Å². The minimum absolute atomic E-state index is 0.0379. The predicted octanol–water partition coefficient (Wildman–Crippen LogP) is 2.32. The van der Waals surface area contributed by atoms with Crippen LogP contribution in [0.5, 0.6) is 5.75 Å². The first-order chi connectivity index (χ1) is 12.1. The molecule has 25 heavy (non-hydrogen) atoms. The van der Waals surface area contributed by atoms with Crippen LogP contribution in [0.25, 0.3) is 0 Å². The summed E-state index contributed by atoms with van der Waals surface area (Å²) < 4.78 is 5.24. The van der Waals surface area contributed by atoms with Crippen LogP contribution in [0.1, 0.15) is 37.7 Å². The van der Waals surface area contributed by atoms with E-state index in [9.17, 15) is 9.59 Å². The zero-order chi connectivity index (χ0) is 18.1. The first-order valence-electron chi connectivity index (χ1n) is 9.02. The number of anilines is 1. The lowest BCUT2D eigenvalue weighted by atomic mass is 10.1. The summed E-state index contributed by atoms with van der Waals surface area (Å²) in [5.74, 6) is 0.239. The van der Waals surface area contributed by atoms with Gasteiger partial charge in [-0.2, -0.15) is 0 Å². The molecule has 2 amide bonds. The summed E-state index contributed by atoms with van der Waals surface area (Å²) in [7, 11) is 1.56. The molecular formula is C19H29N3O3. The van der Waals surface area contributed by atoms with Crippen molar-refractivity contribution in [1.29, 1.82) is 0 Å². The SMILES string of the molecule is COc1ccc(C)cc1NC(=O)CNC(=O)CN1CCCCCCC1. The highest BCUT2D eigenvalue weighted by Gasteiger charge is 2.14. The molecule has 0 spiro atoms. The number of hydrogen-bond acceptors (Lipinski definition) is 4. The van der Waals surface area contributed by atoms with Crippen molar-refractivity contribution < 1.29 is 14.3 Å². The van der Waals surface area contributed by atoms with Crippen molar-refractivity contribution in [3.05, 3.63) is 23.8 Å². The number of nitrogens with zero attached hydrogens (tertiary/aromatic N) is 1. The van der Waals surface area contributed by atoms with Gasteiger partial charge >= 0.3 is 0 Å². The molecule has 0 aliphatic carbocycles. The molecule has 1 aromatic rings. The molecule has 2 N–H and O–H groups in total. The Kier molecular flexibility index (Phi) is 7.73. The molecule has 138 valence electrons. The first kappa shape index (κ1) is 19.2. The van der Waals surface area contributed by atoms with Gasteiger partial charge in [-0.1, -0.05) is 25.3 Å². The zero-order valence-corrected chi connectivity index (χ0v) is 15.3. The Balaban J connectivity index is 1.77. The summed E-state index contributed by atoms with van der Waals surface area (Å²) in [4.78, 5) is 26.4. The van der Waals surface area contributed by atoms with Gasteiger partial charge in [0.05, 0.1) is 25.9 Å². The molecule has 1 aliphatic heterocycles. The number of carbonyl (C=O) groups excluding carboxylic acids is 2. The molecule has 6 heteroatoms. The van der Waals surface area contributed by atoms with Gasteiger partial charge < -0.3 is 15.4 Å². The van der Waals surface area contributed by atoms with E-state index in [1.807, 2.05) is 25.1 Å². The molecule has 2 rings (SSSR count). The van der Waals surface area contributed by atoms with Gasteiger partial charge in [0, 0.05) is 0 Å². The van der Waals surface area contributed by atoms with Gasteiger partial charge in [0.15, 0.2) is 0 Å². The van der Waals surface area contributed by atoms with Crippen LogP contribution in [0.4, 0.5) is 5.69 Å². The molecule has 0 aromatic heterocycles. The average molecular weight is 347 g/mol. The third-order valence-corrected chi connectivity index (χ3v) is 4.39. The van der Waals surface area contributed by atoms with Crippen molar-refractivity contribution in [3.63, 3.8) is 0 Å².